The van der Waals surface area contributed by atoms with Crippen LogP contribution in [0.2, 0.25) is 0 Å². The Morgan fingerprint density at radius 3 is 0.833 bits per heavy atom. The van der Waals surface area contributed by atoms with Crippen molar-refractivity contribution in [1.29, 1.82) is 0 Å². The fraction of sp³-hybridized carbons (Fsp3) is 0. The normalized spacial score (nSPS) is 12.7. The largest absolute Gasteiger partial charge is 1.00 e. The van der Waals surface area contributed by atoms with E-state index < -0.39 is 7.47 Å². The quantitative estimate of drug-likeness (QED) is 0.470. The van der Waals surface area contributed by atoms with E-state index in [9.17, 15) is 0 Å². The Bertz CT molecular complexity index is 23.0. The first-order valence-corrected chi connectivity index (χ1v) is 14.7. The van der Waals surface area contributed by atoms with Crippen molar-refractivity contribution in [1.82, 2.24) is 0 Å². The summed E-state index contributed by atoms with van der Waals surface area (Å²) in [5.74, 6) is 0. The Morgan fingerprint density at radius 2 is 0.833 bits per heavy atom. The Balaban J connectivity index is 0. The first-order valence-electron chi connectivity index (χ1n) is 0.478. The summed E-state index contributed by atoms with van der Waals surface area (Å²) in [6, 6.07) is 0. The fourth-order valence-corrected chi connectivity index (χ4v) is 0. The van der Waals surface area contributed by atoms with Crippen LogP contribution in [0.25, 0.3) is 0 Å². The topological polar surface area (TPSA) is 0 Å². The van der Waals surface area contributed by atoms with Crippen molar-refractivity contribution in [3.8, 4) is 0 Å². The molecular weight excluding hydrogens is 449 g/mol. The third-order valence-corrected chi connectivity index (χ3v) is 0. The van der Waals surface area contributed by atoms with Gasteiger partial charge in [-0.05, 0) is 0 Å². The van der Waals surface area contributed by atoms with Crippen LogP contribution >= 0.6 is 53.7 Å². The zero-order chi connectivity index (χ0) is 4.50. The number of hydrogen-bond acceptors (Lipinski definition) is 0. The third-order valence-electron chi connectivity index (χ3n) is 0. The molecule has 6 heteroatoms. The van der Waals surface area contributed by atoms with Crippen LogP contribution in [0.5, 0.6) is 0 Å². The SMILES string of the molecule is [Br][Pd-]([Br])([Br])[Br].[Na+]. The van der Waals surface area contributed by atoms with Crippen molar-refractivity contribution in [2.75, 3.05) is 0 Å². The van der Waals surface area contributed by atoms with Crippen LogP contribution < -0.4 is 29.6 Å². The van der Waals surface area contributed by atoms with Gasteiger partial charge in [0.1, 0.15) is 0 Å². The average Bonchev–Trinajstić information content (AvgIpc) is 0.722. The molecule has 0 saturated carbocycles. The minimum Gasteiger partial charge on any atom is 1.00 e. The minimum atomic E-state index is -1.45. The van der Waals surface area contributed by atoms with E-state index >= 15 is 0 Å². The summed E-state index contributed by atoms with van der Waals surface area (Å²) in [4.78, 5) is 0. The molecule has 0 radical (unpaired) electrons. The molecule has 0 saturated heterocycles. The van der Waals surface area contributed by atoms with E-state index in [1.807, 2.05) is 0 Å². The Morgan fingerprint density at radius 1 is 0.833 bits per heavy atom. The molecule has 39 valence electrons. The van der Waals surface area contributed by atoms with E-state index in [1.165, 1.54) is 0 Å². The van der Waals surface area contributed by atoms with Crippen molar-refractivity contribution in [3.63, 3.8) is 0 Å². The average molecular weight is 449 g/mol. The second-order valence-electron chi connectivity index (χ2n) is 0.271. The molecule has 6 heavy (non-hydrogen) atoms. The van der Waals surface area contributed by atoms with Crippen LogP contribution in [-0.2, 0) is 7.47 Å². The first kappa shape index (κ1) is 12.3. The van der Waals surface area contributed by atoms with E-state index in [-0.39, 0.29) is 29.6 Å². The van der Waals surface area contributed by atoms with Gasteiger partial charge in [0, 0.05) is 0 Å². The molecule has 0 aromatic rings. The van der Waals surface area contributed by atoms with Gasteiger partial charge in [-0.15, -0.1) is 0 Å². The van der Waals surface area contributed by atoms with Gasteiger partial charge in [0.05, 0.1) is 0 Å². The van der Waals surface area contributed by atoms with Gasteiger partial charge in [0.2, 0.25) is 0 Å². The molecule has 0 aromatic heterocycles. The third kappa shape index (κ3) is 25.6. The smallest absolute Gasteiger partial charge is 1.00 e. The van der Waals surface area contributed by atoms with Gasteiger partial charge in [-0.1, -0.05) is 0 Å². The molecule has 0 unspecified atom stereocenters. The minimum absolute atomic E-state index is 0. The maximum absolute atomic E-state index is 3.28. The van der Waals surface area contributed by atoms with Gasteiger partial charge in [-0.2, -0.15) is 0 Å². The van der Waals surface area contributed by atoms with Crippen LogP contribution in [0.3, 0.4) is 0 Å². The molecule has 0 aliphatic rings. The molecule has 0 nitrogen and oxygen atoms in total. The van der Waals surface area contributed by atoms with Gasteiger partial charge in [0.25, 0.3) is 0 Å². The van der Waals surface area contributed by atoms with Crippen molar-refractivity contribution < 1.29 is 37.0 Å². The molecule has 0 fully saturated rings. The van der Waals surface area contributed by atoms with Gasteiger partial charge in [0.15, 0.2) is 0 Å². The van der Waals surface area contributed by atoms with E-state index in [1.54, 1.807) is 0 Å². The van der Waals surface area contributed by atoms with E-state index in [2.05, 4.69) is 53.7 Å². The first-order chi connectivity index (χ1) is 2.00. The summed E-state index contributed by atoms with van der Waals surface area (Å²) in [6.45, 7) is 0. The zero-order valence-electron chi connectivity index (χ0n) is 2.83. The monoisotopic (exact) mass is 445 g/mol. The molecule has 0 N–H and O–H groups in total. The molecule has 0 bridgehead atoms. The summed E-state index contributed by atoms with van der Waals surface area (Å²) in [5, 5.41) is 0. The Kier molecular flexibility index (Phi) is 11.0. The molecule has 0 atom stereocenters. The van der Waals surface area contributed by atoms with Crippen LogP contribution in [0, 0.1) is 0 Å². The van der Waals surface area contributed by atoms with Gasteiger partial charge in [-0.3, -0.25) is 0 Å². The molecule has 0 aliphatic carbocycles. The van der Waals surface area contributed by atoms with E-state index in [4.69, 9.17) is 0 Å². The molecule has 0 aromatic carbocycles. The summed E-state index contributed by atoms with van der Waals surface area (Å²) >= 11 is 13.1. The van der Waals surface area contributed by atoms with Crippen LogP contribution in [0.15, 0.2) is 0 Å². The summed E-state index contributed by atoms with van der Waals surface area (Å²) in [6.07, 6.45) is 0. The fourth-order valence-electron chi connectivity index (χ4n) is 0. The standard InChI is InChI=1S/4BrH.Na.Pd/h4*1H;;/q;;;;+1;+3/p-4. The maximum Gasteiger partial charge on any atom is 1.00 e. The predicted octanol–water partition coefficient (Wildman–Crippen LogP) is 0.384. The second-order valence-corrected chi connectivity index (χ2v) is 43.3. The van der Waals surface area contributed by atoms with Crippen LogP contribution in [-0.4, -0.2) is 0 Å². The van der Waals surface area contributed by atoms with E-state index in [0.717, 1.165) is 0 Å². The van der Waals surface area contributed by atoms with Gasteiger partial charge < -0.3 is 0 Å². The molecular formula is Br4NaPd. The van der Waals surface area contributed by atoms with Gasteiger partial charge >= 0.3 is 90.7 Å². The van der Waals surface area contributed by atoms with Crippen molar-refractivity contribution in [3.05, 3.63) is 0 Å². The second kappa shape index (κ2) is 5.37. The predicted molar refractivity (Wildman–Crippen MR) is 35.7 cm³/mol. The Labute approximate surface area is 88.5 Å². The number of hydrogen-bond donors (Lipinski definition) is 0. The van der Waals surface area contributed by atoms with E-state index in [0.29, 0.717) is 0 Å². The molecule has 0 amide bonds. The van der Waals surface area contributed by atoms with Crippen molar-refractivity contribution >= 4 is 53.7 Å². The number of rotatable bonds is 0. The molecule has 0 spiro atoms. The maximum atomic E-state index is 3.28. The molecule has 0 rings (SSSR count). The van der Waals surface area contributed by atoms with Crippen LogP contribution in [0.1, 0.15) is 0 Å². The van der Waals surface area contributed by atoms with Crippen molar-refractivity contribution in [2.24, 2.45) is 0 Å². The molecule has 0 aliphatic heterocycles. The van der Waals surface area contributed by atoms with Gasteiger partial charge in [-0.25, -0.2) is 0 Å². The molecule has 0 heterocycles. The summed E-state index contributed by atoms with van der Waals surface area (Å²) < 4.78 is 0. The Hall–Kier alpha value is 3.58. The summed E-state index contributed by atoms with van der Waals surface area (Å²) in [5.41, 5.74) is 0. The number of halogens is 4. The van der Waals surface area contributed by atoms with Crippen molar-refractivity contribution in [2.45, 2.75) is 0 Å². The summed E-state index contributed by atoms with van der Waals surface area (Å²) in [7, 11) is -1.45. The van der Waals surface area contributed by atoms with Crippen LogP contribution in [0.4, 0.5) is 0 Å². The zero-order valence-corrected chi connectivity index (χ0v) is 12.7.